The van der Waals surface area contributed by atoms with E-state index >= 15 is 0 Å². The van der Waals surface area contributed by atoms with Crippen LogP contribution in [0.3, 0.4) is 0 Å². The van der Waals surface area contributed by atoms with Crippen LogP contribution in [0.5, 0.6) is 11.5 Å². The maximum Gasteiger partial charge on any atom is 0.278 e. The van der Waals surface area contributed by atoms with Gasteiger partial charge in [0.05, 0.1) is 0 Å². The van der Waals surface area contributed by atoms with E-state index in [9.17, 15) is 4.79 Å². The standard InChI is InChI=1S/C25H26N2O3/c1-17-8-11-21(12-9-17)24(20-6-4-3-5-7-20)27-18(2)25(28)26-15-19-10-13-22-23(14-19)30-16-29-22/h3-14,18,24,27H,15-16H2,1-2H3,(H,26,28)/p+1/t18-,24-/m1/s1. The number of carbonyl (C=O) groups excluding carboxylic acids is 1. The third kappa shape index (κ3) is 4.63. The van der Waals surface area contributed by atoms with Crippen molar-refractivity contribution >= 4 is 5.91 Å². The zero-order valence-corrected chi connectivity index (χ0v) is 17.3. The molecule has 5 heteroatoms. The molecule has 0 bridgehead atoms. The van der Waals surface area contributed by atoms with Gasteiger partial charge in [0.25, 0.3) is 5.91 Å². The van der Waals surface area contributed by atoms with Gasteiger partial charge in [0, 0.05) is 17.7 Å². The van der Waals surface area contributed by atoms with Gasteiger partial charge in [0.1, 0.15) is 6.04 Å². The van der Waals surface area contributed by atoms with Gasteiger partial charge < -0.3 is 20.1 Å². The zero-order chi connectivity index (χ0) is 20.9. The second-order valence-electron chi connectivity index (χ2n) is 7.69. The Bertz CT molecular complexity index is 1000. The Morgan fingerprint density at radius 3 is 2.43 bits per heavy atom. The van der Waals surface area contributed by atoms with Gasteiger partial charge in [0.15, 0.2) is 17.5 Å². The lowest BCUT2D eigenvalue weighted by Gasteiger charge is -2.21. The number of hydrogen-bond donors (Lipinski definition) is 2. The van der Waals surface area contributed by atoms with E-state index in [1.54, 1.807) is 0 Å². The smallest absolute Gasteiger partial charge is 0.278 e. The number of fused-ring (bicyclic) bond motifs is 1. The Balaban J connectivity index is 1.43. The molecule has 0 radical (unpaired) electrons. The van der Waals surface area contributed by atoms with Crippen molar-refractivity contribution in [2.75, 3.05) is 6.79 Å². The SMILES string of the molecule is Cc1ccc([C@H]([NH2+][C@H](C)C(=O)NCc2ccc3c(c2)OCO3)c2ccccc2)cc1. The molecule has 30 heavy (non-hydrogen) atoms. The van der Waals surface area contributed by atoms with Gasteiger partial charge in [-0.1, -0.05) is 66.2 Å². The van der Waals surface area contributed by atoms with Crippen molar-refractivity contribution in [3.05, 3.63) is 95.1 Å². The van der Waals surface area contributed by atoms with Crippen LogP contribution < -0.4 is 20.1 Å². The lowest BCUT2D eigenvalue weighted by molar-refractivity contribution is -0.704. The number of rotatable bonds is 7. The second kappa shape index (κ2) is 9.01. The topological polar surface area (TPSA) is 64.2 Å². The van der Waals surface area contributed by atoms with Crippen LogP contribution in [-0.4, -0.2) is 18.7 Å². The lowest BCUT2D eigenvalue weighted by Crippen LogP contribution is -2.92. The van der Waals surface area contributed by atoms with Crippen LogP contribution >= 0.6 is 0 Å². The fourth-order valence-corrected chi connectivity index (χ4v) is 3.63. The van der Waals surface area contributed by atoms with Gasteiger partial charge in [-0.05, 0) is 31.5 Å². The lowest BCUT2D eigenvalue weighted by atomic mass is 9.97. The van der Waals surface area contributed by atoms with Crippen molar-refractivity contribution in [2.24, 2.45) is 0 Å². The van der Waals surface area contributed by atoms with E-state index in [-0.39, 0.29) is 24.8 Å². The first kappa shape index (κ1) is 20.0. The predicted octanol–water partition coefficient (Wildman–Crippen LogP) is 3.08. The van der Waals surface area contributed by atoms with Gasteiger partial charge >= 0.3 is 0 Å². The minimum absolute atomic E-state index is 0.000657. The predicted molar refractivity (Wildman–Crippen MR) is 115 cm³/mol. The van der Waals surface area contributed by atoms with Gasteiger partial charge in [0.2, 0.25) is 6.79 Å². The van der Waals surface area contributed by atoms with Crippen LogP contribution in [0.15, 0.2) is 72.8 Å². The first-order chi connectivity index (χ1) is 14.6. The van der Waals surface area contributed by atoms with E-state index in [2.05, 4.69) is 54.0 Å². The molecule has 0 aliphatic carbocycles. The molecule has 0 spiro atoms. The summed E-state index contributed by atoms with van der Waals surface area (Å²) in [5.41, 5.74) is 4.57. The zero-order valence-electron chi connectivity index (χ0n) is 17.3. The van der Waals surface area contributed by atoms with Gasteiger partial charge in [-0.15, -0.1) is 0 Å². The van der Waals surface area contributed by atoms with Crippen molar-refractivity contribution in [1.29, 1.82) is 0 Å². The number of carbonyl (C=O) groups is 1. The second-order valence-corrected chi connectivity index (χ2v) is 7.69. The largest absolute Gasteiger partial charge is 0.454 e. The molecule has 154 valence electrons. The fourth-order valence-electron chi connectivity index (χ4n) is 3.63. The molecule has 0 saturated carbocycles. The monoisotopic (exact) mass is 403 g/mol. The van der Waals surface area contributed by atoms with Gasteiger partial charge in [-0.25, -0.2) is 0 Å². The summed E-state index contributed by atoms with van der Waals surface area (Å²) in [5.74, 6) is 1.47. The molecule has 3 aromatic carbocycles. The van der Waals surface area contributed by atoms with Crippen LogP contribution in [-0.2, 0) is 11.3 Å². The fraction of sp³-hybridized carbons (Fsp3) is 0.240. The highest BCUT2D eigenvalue weighted by Crippen LogP contribution is 2.32. The highest BCUT2D eigenvalue weighted by molar-refractivity contribution is 5.79. The van der Waals surface area contributed by atoms with Crippen LogP contribution in [0.1, 0.15) is 35.2 Å². The first-order valence-electron chi connectivity index (χ1n) is 10.2. The first-order valence-corrected chi connectivity index (χ1v) is 10.2. The van der Waals surface area contributed by atoms with Crippen LogP contribution in [0, 0.1) is 6.92 Å². The number of nitrogens with one attached hydrogen (secondary N) is 1. The maximum atomic E-state index is 12.8. The molecule has 2 atom stereocenters. The third-order valence-electron chi connectivity index (χ3n) is 5.39. The molecule has 0 unspecified atom stereocenters. The number of hydrogen-bond acceptors (Lipinski definition) is 3. The summed E-state index contributed by atoms with van der Waals surface area (Å²) in [5, 5.41) is 5.16. The highest BCUT2D eigenvalue weighted by Gasteiger charge is 2.24. The van der Waals surface area contributed by atoms with Crippen molar-refractivity contribution in [3.8, 4) is 11.5 Å². The molecule has 1 aliphatic heterocycles. The van der Waals surface area contributed by atoms with E-state index in [0.717, 1.165) is 17.1 Å². The third-order valence-corrected chi connectivity index (χ3v) is 5.39. The van der Waals surface area contributed by atoms with E-state index in [0.29, 0.717) is 6.54 Å². The van der Waals surface area contributed by atoms with E-state index in [1.807, 2.05) is 43.3 Å². The normalized spacial score (nSPS) is 14.2. The molecule has 3 aromatic rings. The molecule has 1 aliphatic rings. The van der Waals surface area contributed by atoms with Crippen LogP contribution in [0.25, 0.3) is 0 Å². The van der Waals surface area contributed by atoms with Crippen molar-refractivity contribution in [2.45, 2.75) is 32.5 Å². The summed E-state index contributed by atoms with van der Waals surface area (Å²) in [4.78, 5) is 12.8. The number of ether oxygens (including phenoxy) is 2. The number of benzene rings is 3. The minimum atomic E-state index is -0.245. The van der Waals surface area contributed by atoms with Crippen molar-refractivity contribution < 1.29 is 19.6 Å². The summed E-state index contributed by atoms with van der Waals surface area (Å²) in [7, 11) is 0. The Hall–Kier alpha value is -3.31. The molecule has 0 saturated heterocycles. The van der Waals surface area contributed by atoms with Crippen LogP contribution in [0.2, 0.25) is 0 Å². The Morgan fingerprint density at radius 2 is 1.67 bits per heavy atom. The van der Waals surface area contributed by atoms with Crippen molar-refractivity contribution in [1.82, 2.24) is 5.32 Å². The maximum absolute atomic E-state index is 12.8. The molecule has 1 amide bonds. The molecule has 3 N–H and O–H groups in total. The molecule has 0 aromatic heterocycles. The Labute approximate surface area is 177 Å². The number of quaternary nitrogens is 1. The van der Waals surface area contributed by atoms with Gasteiger partial charge in [-0.3, -0.25) is 4.79 Å². The summed E-state index contributed by atoms with van der Waals surface area (Å²) in [6.45, 7) is 4.72. The molecule has 0 fully saturated rings. The highest BCUT2D eigenvalue weighted by atomic mass is 16.7. The summed E-state index contributed by atoms with van der Waals surface area (Å²) < 4.78 is 10.7. The molecule has 1 heterocycles. The average molecular weight is 404 g/mol. The Morgan fingerprint density at radius 1 is 0.967 bits per heavy atom. The number of aryl methyl sites for hydroxylation is 1. The minimum Gasteiger partial charge on any atom is -0.454 e. The summed E-state index contributed by atoms with van der Waals surface area (Å²) in [6, 6.07) is 24.4. The summed E-state index contributed by atoms with van der Waals surface area (Å²) in [6.07, 6.45) is 0. The Kier molecular flexibility index (Phi) is 6.00. The van der Waals surface area contributed by atoms with Crippen LogP contribution in [0.4, 0.5) is 0 Å². The van der Waals surface area contributed by atoms with Crippen molar-refractivity contribution in [3.63, 3.8) is 0 Å². The molecular weight excluding hydrogens is 376 g/mol. The summed E-state index contributed by atoms with van der Waals surface area (Å²) >= 11 is 0. The van der Waals surface area contributed by atoms with Gasteiger partial charge in [-0.2, -0.15) is 0 Å². The molecular formula is C25H27N2O3+. The molecule has 5 nitrogen and oxygen atoms in total. The van der Waals surface area contributed by atoms with E-state index in [4.69, 9.17) is 9.47 Å². The molecule has 4 rings (SSSR count). The van der Waals surface area contributed by atoms with E-state index in [1.165, 1.54) is 16.7 Å². The number of amides is 1. The average Bonchev–Trinajstić information content (AvgIpc) is 3.25. The number of nitrogens with two attached hydrogens (primary N) is 1. The quantitative estimate of drug-likeness (QED) is 0.637. The van der Waals surface area contributed by atoms with E-state index < -0.39 is 0 Å².